The van der Waals surface area contributed by atoms with Crippen LogP contribution in [-0.4, -0.2) is 46.9 Å². The highest BCUT2D eigenvalue weighted by Crippen LogP contribution is 2.30. The molecule has 0 aromatic heterocycles. The molecule has 2 aliphatic heterocycles. The Morgan fingerprint density at radius 1 is 1.50 bits per heavy atom. The van der Waals surface area contributed by atoms with Gasteiger partial charge in [0.15, 0.2) is 0 Å². The number of hydrogen-bond donors (Lipinski definition) is 2. The van der Waals surface area contributed by atoms with Crippen LogP contribution in [0.2, 0.25) is 0 Å². The molecule has 0 saturated carbocycles. The number of ether oxygens (including phenoxy) is 1. The second-order valence-corrected chi connectivity index (χ2v) is 8.74. The first-order chi connectivity index (χ1) is 12.2. The molecule has 0 radical (unpaired) electrons. The van der Waals surface area contributed by atoms with Gasteiger partial charge in [0.25, 0.3) is 0 Å². The van der Waals surface area contributed by atoms with Crippen molar-refractivity contribution >= 4 is 33.0 Å². The van der Waals surface area contributed by atoms with Crippen LogP contribution in [0.3, 0.4) is 0 Å². The van der Waals surface area contributed by atoms with Gasteiger partial charge in [-0.15, -0.1) is 0 Å². The number of benzene rings is 1. The van der Waals surface area contributed by atoms with E-state index in [2.05, 4.69) is 5.32 Å². The maximum absolute atomic E-state index is 14.6. The molecule has 2 atom stereocenters. The monoisotopic (exact) mass is 381 g/mol. The van der Waals surface area contributed by atoms with E-state index in [9.17, 15) is 18.2 Å². The van der Waals surface area contributed by atoms with Gasteiger partial charge in [-0.2, -0.15) is 0 Å². The Kier molecular flexibility index (Phi) is 4.99. The second-order valence-electron chi connectivity index (χ2n) is 6.38. The van der Waals surface area contributed by atoms with Crippen molar-refractivity contribution in [2.24, 2.45) is 0 Å². The largest absolute Gasteiger partial charge is 0.442 e. The van der Waals surface area contributed by atoms with Gasteiger partial charge in [0.05, 0.1) is 24.5 Å². The molecular weight excluding hydrogens is 361 g/mol. The van der Waals surface area contributed by atoms with Gasteiger partial charge in [-0.25, -0.2) is 13.4 Å². The first-order valence-electron chi connectivity index (χ1n) is 8.21. The van der Waals surface area contributed by atoms with Crippen molar-refractivity contribution in [3.05, 3.63) is 35.7 Å². The Morgan fingerprint density at radius 2 is 2.27 bits per heavy atom. The lowest BCUT2D eigenvalue weighted by molar-refractivity contribution is -0.119. The molecule has 2 heterocycles. The fourth-order valence-corrected chi connectivity index (χ4v) is 4.16. The summed E-state index contributed by atoms with van der Waals surface area (Å²) >= 11 is 0. The molecular formula is C17H20FN3O4S. The van der Waals surface area contributed by atoms with E-state index in [-0.39, 0.29) is 30.5 Å². The third kappa shape index (κ3) is 4.04. The minimum Gasteiger partial charge on any atom is -0.442 e. The van der Waals surface area contributed by atoms with E-state index in [4.69, 9.17) is 9.52 Å². The van der Waals surface area contributed by atoms with Crippen molar-refractivity contribution in [3.63, 3.8) is 0 Å². The molecule has 1 fully saturated rings. The van der Waals surface area contributed by atoms with Crippen LogP contribution in [0.25, 0.3) is 5.57 Å². The number of carbonyl (C=O) groups excluding carboxylic acids is 2. The van der Waals surface area contributed by atoms with Crippen LogP contribution in [-0.2, 0) is 19.3 Å². The van der Waals surface area contributed by atoms with Gasteiger partial charge in [-0.3, -0.25) is 14.5 Å². The van der Waals surface area contributed by atoms with E-state index >= 15 is 0 Å². The van der Waals surface area contributed by atoms with Crippen LogP contribution in [0.4, 0.5) is 14.9 Å². The fraction of sp³-hybridized carbons (Fsp3) is 0.412. The average Bonchev–Trinajstić information content (AvgIpc) is 2.94. The Morgan fingerprint density at radius 3 is 2.88 bits per heavy atom. The predicted octanol–water partition coefficient (Wildman–Crippen LogP) is 2.12. The summed E-state index contributed by atoms with van der Waals surface area (Å²) in [4.78, 5) is 24.3. The van der Waals surface area contributed by atoms with Crippen molar-refractivity contribution in [1.82, 2.24) is 5.32 Å². The highest BCUT2D eigenvalue weighted by Gasteiger charge is 2.32. The van der Waals surface area contributed by atoms with E-state index in [0.29, 0.717) is 17.7 Å². The van der Waals surface area contributed by atoms with Gasteiger partial charge >= 0.3 is 6.09 Å². The zero-order chi connectivity index (χ0) is 18.9. The molecule has 0 bridgehead atoms. The maximum Gasteiger partial charge on any atom is 0.414 e. The molecule has 1 aromatic carbocycles. The lowest BCUT2D eigenvalue weighted by Gasteiger charge is -2.18. The summed E-state index contributed by atoms with van der Waals surface area (Å²) in [6, 6.07) is 4.49. The SMILES string of the molecule is CC(=O)NC[C@@H]1CN(c2ccc(C3=CCS(=N)(=O)CC3)c(F)c2)C(=O)O1. The summed E-state index contributed by atoms with van der Waals surface area (Å²) in [5, 5.41) is 2.59. The molecule has 2 amide bonds. The molecule has 7 nitrogen and oxygen atoms in total. The molecule has 3 rings (SSSR count). The number of carbonyl (C=O) groups is 2. The molecule has 1 unspecified atom stereocenters. The number of anilines is 1. The molecule has 9 heteroatoms. The third-order valence-electron chi connectivity index (χ3n) is 4.36. The molecule has 0 spiro atoms. The summed E-state index contributed by atoms with van der Waals surface area (Å²) < 4.78 is 39.0. The van der Waals surface area contributed by atoms with Crippen molar-refractivity contribution in [2.45, 2.75) is 19.4 Å². The molecule has 2 aliphatic rings. The number of rotatable bonds is 4. The average molecular weight is 381 g/mol. The normalized spacial score (nSPS) is 25.6. The smallest absolute Gasteiger partial charge is 0.414 e. The number of halogens is 1. The highest BCUT2D eigenvalue weighted by atomic mass is 32.2. The lowest BCUT2D eigenvalue weighted by atomic mass is 10.0. The van der Waals surface area contributed by atoms with Crippen LogP contribution < -0.4 is 10.2 Å². The second kappa shape index (κ2) is 7.06. The summed E-state index contributed by atoms with van der Waals surface area (Å²) in [6.07, 6.45) is 0.979. The Bertz CT molecular complexity index is 882. The number of amides is 2. The Labute approximate surface area is 151 Å². The zero-order valence-electron chi connectivity index (χ0n) is 14.3. The molecule has 0 aliphatic carbocycles. The van der Waals surface area contributed by atoms with E-state index in [1.54, 1.807) is 18.2 Å². The van der Waals surface area contributed by atoms with Gasteiger partial charge in [-0.05, 0) is 30.2 Å². The van der Waals surface area contributed by atoms with Crippen LogP contribution in [0.15, 0.2) is 24.3 Å². The van der Waals surface area contributed by atoms with E-state index in [1.165, 1.54) is 17.9 Å². The summed E-state index contributed by atoms with van der Waals surface area (Å²) in [5.41, 5.74) is 1.50. The van der Waals surface area contributed by atoms with Crippen LogP contribution >= 0.6 is 0 Å². The minimum absolute atomic E-state index is 0.132. The van der Waals surface area contributed by atoms with Gasteiger partial charge in [-0.1, -0.05) is 6.08 Å². The summed E-state index contributed by atoms with van der Waals surface area (Å²) in [5.74, 6) is -0.340. The number of nitrogens with zero attached hydrogens (tertiary/aromatic N) is 1. The fourth-order valence-electron chi connectivity index (χ4n) is 2.97. The third-order valence-corrected chi connectivity index (χ3v) is 5.93. The topological polar surface area (TPSA) is 99.6 Å². The van der Waals surface area contributed by atoms with Gasteiger partial charge in [0.2, 0.25) is 5.91 Å². The number of allylic oxidation sites excluding steroid dienone is 1. The van der Waals surface area contributed by atoms with Crippen molar-refractivity contribution < 1.29 is 22.9 Å². The number of nitrogens with one attached hydrogen (secondary N) is 2. The zero-order valence-corrected chi connectivity index (χ0v) is 15.1. The van der Waals surface area contributed by atoms with Crippen molar-refractivity contribution in [1.29, 1.82) is 4.78 Å². The first-order valence-corrected chi connectivity index (χ1v) is 10.1. The van der Waals surface area contributed by atoms with E-state index in [0.717, 1.165) is 5.57 Å². The molecule has 1 saturated heterocycles. The van der Waals surface area contributed by atoms with Crippen LogP contribution in [0, 0.1) is 10.6 Å². The van der Waals surface area contributed by atoms with Crippen LogP contribution in [0.1, 0.15) is 18.9 Å². The van der Waals surface area contributed by atoms with Gasteiger partial charge in [0.1, 0.15) is 11.9 Å². The quantitative estimate of drug-likeness (QED) is 0.834. The van der Waals surface area contributed by atoms with Crippen LogP contribution in [0.5, 0.6) is 0 Å². The number of cyclic esters (lactones) is 1. The van der Waals surface area contributed by atoms with Gasteiger partial charge in [0, 0.05) is 28.0 Å². The first kappa shape index (κ1) is 18.4. The molecule has 2 N–H and O–H groups in total. The molecule has 1 aromatic rings. The highest BCUT2D eigenvalue weighted by molar-refractivity contribution is 7.92. The number of hydrogen-bond acceptors (Lipinski definition) is 5. The van der Waals surface area contributed by atoms with E-state index in [1.807, 2.05) is 0 Å². The Balaban J connectivity index is 1.75. The predicted molar refractivity (Wildman–Crippen MR) is 95.9 cm³/mol. The standard InChI is InChI=1S/C17H20FN3O4S/c1-11(22)20-9-14-10-21(17(23)25-14)13-2-3-15(16(18)8-13)12-4-6-26(19,24)7-5-12/h2-4,8,14,19H,5-7,9-10H2,1H3,(H,20,22)/t14-,26?/m1/s1. The molecule has 26 heavy (non-hydrogen) atoms. The van der Waals surface area contributed by atoms with E-state index < -0.39 is 27.7 Å². The maximum atomic E-state index is 14.6. The lowest BCUT2D eigenvalue weighted by Crippen LogP contribution is -2.33. The Hall–Kier alpha value is -2.42. The van der Waals surface area contributed by atoms with Crippen molar-refractivity contribution in [2.75, 3.05) is 29.5 Å². The summed E-state index contributed by atoms with van der Waals surface area (Å²) in [7, 11) is -2.58. The van der Waals surface area contributed by atoms with Crippen molar-refractivity contribution in [3.8, 4) is 0 Å². The summed E-state index contributed by atoms with van der Waals surface area (Å²) in [6.45, 7) is 1.81. The minimum atomic E-state index is -2.58. The molecule has 140 valence electrons. The van der Waals surface area contributed by atoms with Gasteiger partial charge < -0.3 is 10.1 Å².